The Labute approximate surface area is 76.7 Å². The maximum absolute atomic E-state index is 7.10. The van der Waals surface area contributed by atoms with Gasteiger partial charge in [-0.2, -0.15) is 0 Å². The average molecular weight is 179 g/mol. The summed E-state index contributed by atoms with van der Waals surface area (Å²) in [4.78, 5) is 0. The number of ether oxygens (including phenoxy) is 1. The first-order valence-corrected chi connectivity index (χ1v) is 4.00. The standard InChI is InChI=1S/C9H9NOS/c10-9(7-12)11-6-8-4-2-1-3-5-8/h1-5,7,10H,6H2. The zero-order valence-corrected chi connectivity index (χ0v) is 7.30. The predicted molar refractivity (Wildman–Crippen MR) is 52.6 cm³/mol. The maximum Gasteiger partial charge on any atom is 0.217 e. The lowest BCUT2D eigenvalue weighted by molar-refractivity contribution is 0.297. The van der Waals surface area contributed by atoms with E-state index in [1.807, 2.05) is 30.3 Å². The largest absolute Gasteiger partial charge is 0.473 e. The molecule has 1 N–H and O–H groups in total. The van der Waals surface area contributed by atoms with Gasteiger partial charge in [0.05, 0.1) is 5.37 Å². The van der Waals surface area contributed by atoms with Crippen molar-refractivity contribution < 1.29 is 4.74 Å². The molecule has 62 valence electrons. The van der Waals surface area contributed by atoms with Gasteiger partial charge in [-0.25, -0.2) is 0 Å². The van der Waals surface area contributed by atoms with Crippen molar-refractivity contribution in [2.24, 2.45) is 0 Å². The summed E-state index contributed by atoms with van der Waals surface area (Å²) in [5.74, 6) is 0.0360. The Hall–Kier alpha value is -1.22. The highest BCUT2D eigenvalue weighted by molar-refractivity contribution is 7.80. The van der Waals surface area contributed by atoms with Gasteiger partial charge in [-0.1, -0.05) is 42.5 Å². The van der Waals surface area contributed by atoms with E-state index in [4.69, 9.17) is 10.1 Å². The molecule has 0 unspecified atom stereocenters. The zero-order valence-electron chi connectivity index (χ0n) is 6.49. The Bertz CT molecular complexity index is 271. The van der Waals surface area contributed by atoms with Crippen molar-refractivity contribution in [3.05, 3.63) is 35.9 Å². The number of hydrogen-bond donors (Lipinski definition) is 1. The van der Waals surface area contributed by atoms with E-state index in [0.717, 1.165) is 5.56 Å². The molecular formula is C9H9NOS. The van der Waals surface area contributed by atoms with Crippen LogP contribution in [0, 0.1) is 5.41 Å². The minimum atomic E-state index is 0.0360. The van der Waals surface area contributed by atoms with E-state index in [1.54, 1.807) is 0 Å². The van der Waals surface area contributed by atoms with Crippen molar-refractivity contribution >= 4 is 23.5 Å². The monoisotopic (exact) mass is 179 g/mol. The number of rotatable bonds is 3. The molecule has 0 radical (unpaired) electrons. The van der Waals surface area contributed by atoms with E-state index in [0.29, 0.717) is 6.61 Å². The molecule has 0 aromatic heterocycles. The third-order valence-corrected chi connectivity index (χ3v) is 1.56. The van der Waals surface area contributed by atoms with Crippen molar-refractivity contribution in [2.75, 3.05) is 0 Å². The Morgan fingerprint density at radius 2 is 2.08 bits per heavy atom. The van der Waals surface area contributed by atoms with Crippen LogP contribution in [0.2, 0.25) is 0 Å². The van der Waals surface area contributed by atoms with Crippen LogP contribution in [0.4, 0.5) is 0 Å². The van der Waals surface area contributed by atoms with Crippen LogP contribution < -0.4 is 0 Å². The summed E-state index contributed by atoms with van der Waals surface area (Å²) >= 11 is 4.52. The van der Waals surface area contributed by atoms with Crippen LogP contribution in [0.1, 0.15) is 5.56 Å². The summed E-state index contributed by atoms with van der Waals surface area (Å²) < 4.78 is 5.00. The van der Waals surface area contributed by atoms with Crippen LogP contribution in [0.3, 0.4) is 0 Å². The van der Waals surface area contributed by atoms with E-state index >= 15 is 0 Å². The fraction of sp³-hybridized carbons (Fsp3) is 0.111. The molecule has 2 nitrogen and oxygen atoms in total. The molecule has 0 bridgehead atoms. The molecule has 3 heteroatoms. The second-order valence-electron chi connectivity index (χ2n) is 2.26. The summed E-state index contributed by atoms with van der Waals surface area (Å²) in [7, 11) is 0. The first-order valence-electron chi connectivity index (χ1n) is 3.53. The third-order valence-electron chi connectivity index (χ3n) is 1.34. The molecular weight excluding hydrogens is 170 g/mol. The van der Waals surface area contributed by atoms with Crippen molar-refractivity contribution in [3.63, 3.8) is 0 Å². The second-order valence-corrected chi connectivity index (χ2v) is 2.49. The Morgan fingerprint density at radius 3 is 2.67 bits per heavy atom. The average Bonchev–Trinajstić information content (AvgIpc) is 2.16. The first-order chi connectivity index (χ1) is 5.83. The molecule has 0 amide bonds. The van der Waals surface area contributed by atoms with Crippen molar-refractivity contribution in [3.8, 4) is 0 Å². The highest BCUT2D eigenvalue weighted by Gasteiger charge is 1.93. The Kier molecular flexibility index (Phi) is 3.41. The minimum Gasteiger partial charge on any atom is -0.473 e. The van der Waals surface area contributed by atoms with Crippen LogP contribution in [0.5, 0.6) is 0 Å². The molecule has 0 aliphatic rings. The fourth-order valence-electron chi connectivity index (χ4n) is 0.769. The van der Waals surface area contributed by atoms with Gasteiger partial charge in [-0.3, -0.25) is 5.41 Å². The normalized spacial score (nSPS) is 9.00. The first kappa shape index (κ1) is 8.87. The van der Waals surface area contributed by atoms with E-state index in [-0.39, 0.29) is 5.90 Å². The summed E-state index contributed by atoms with van der Waals surface area (Å²) in [5, 5.41) is 8.32. The highest BCUT2D eigenvalue weighted by Crippen LogP contribution is 1.99. The molecule has 0 spiro atoms. The van der Waals surface area contributed by atoms with E-state index in [9.17, 15) is 0 Å². The number of thiocarbonyl (C=S) groups is 1. The summed E-state index contributed by atoms with van der Waals surface area (Å²) in [6.07, 6.45) is 0. The van der Waals surface area contributed by atoms with Gasteiger partial charge in [0.1, 0.15) is 6.61 Å². The zero-order chi connectivity index (χ0) is 8.81. The highest BCUT2D eigenvalue weighted by atomic mass is 32.1. The number of nitrogens with one attached hydrogen (secondary N) is 1. The van der Waals surface area contributed by atoms with Gasteiger partial charge in [-0.15, -0.1) is 0 Å². The Morgan fingerprint density at radius 1 is 1.42 bits per heavy atom. The van der Waals surface area contributed by atoms with E-state index < -0.39 is 0 Å². The lowest BCUT2D eigenvalue weighted by Crippen LogP contribution is -2.02. The third kappa shape index (κ3) is 2.80. The molecule has 0 atom stereocenters. The van der Waals surface area contributed by atoms with Crippen LogP contribution in [0.25, 0.3) is 0 Å². The van der Waals surface area contributed by atoms with Gasteiger partial charge < -0.3 is 4.74 Å². The van der Waals surface area contributed by atoms with E-state index in [1.165, 1.54) is 5.37 Å². The summed E-state index contributed by atoms with van der Waals surface area (Å²) in [5.41, 5.74) is 1.04. The number of benzene rings is 1. The molecule has 0 aliphatic carbocycles. The molecule has 1 rings (SSSR count). The van der Waals surface area contributed by atoms with Gasteiger partial charge in [0, 0.05) is 0 Å². The second kappa shape index (κ2) is 4.62. The van der Waals surface area contributed by atoms with Crippen LogP contribution >= 0.6 is 12.2 Å². The predicted octanol–water partition coefficient (Wildman–Crippen LogP) is 2.18. The lowest BCUT2D eigenvalue weighted by atomic mass is 10.2. The van der Waals surface area contributed by atoms with Gasteiger partial charge >= 0.3 is 0 Å². The smallest absolute Gasteiger partial charge is 0.217 e. The summed E-state index contributed by atoms with van der Waals surface area (Å²) in [6, 6.07) is 9.68. The molecule has 0 fully saturated rings. The molecule has 1 aromatic rings. The molecule has 1 aromatic carbocycles. The van der Waals surface area contributed by atoms with Crippen molar-refractivity contribution in [1.29, 1.82) is 5.41 Å². The van der Waals surface area contributed by atoms with Crippen LogP contribution in [-0.4, -0.2) is 11.3 Å². The van der Waals surface area contributed by atoms with Gasteiger partial charge in [0.15, 0.2) is 0 Å². The van der Waals surface area contributed by atoms with E-state index in [2.05, 4.69) is 12.2 Å². The molecule has 0 aliphatic heterocycles. The molecule has 12 heavy (non-hydrogen) atoms. The molecule has 0 saturated heterocycles. The van der Waals surface area contributed by atoms with Crippen molar-refractivity contribution in [2.45, 2.75) is 6.61 Å². The quantitative estimate of drug-likeness (QED) is 0.438. The van der Waals surface area contributed by atoms with Crippen molar-refractivity contribution in [1.82, 2.24) is 0 Å². The number of hydrogen-bond acceptors (Lipinski definition) is 3. The summed E-state index contributed by atoms with van der Waals surface area (Å²) in [6.45, 7) is 0.410. The minimum absolute atomic E-state index is 0.0360. The Balaban J connectivity index is 2.43. The molecule has 0 saturated carbocycles. The van der Waals surface area contributed by atoms with Gasteiger partial charge in [-0.05, 0) is 5.56 Å². The maximum atomic E-state index is 7.10. The SMILES string of the molecule is N=C(C=S)OCc1ccccc1. The topological polar surface area (TPSA) is 33.1 Å². The fourth-order valence-corrected chi connectivity index (χ4v) is 0.837. The van der Waals surface area contributed by atoms with Crippen LogP contribution in [-0.2, 0) is 11.3 Å². The lowest BCUT2D eigenvalue weighted by Gasteiger charge is -2.02. The van der Waals surface area contributed by atoms with Gasteiger partial charge in [0.2, 0.25) is 5.90 Å². The van der Waals surface area contributed by atoms with Crippen LogP contribution in [0.15, 0.2) is 30.3 Å². The molecule has 0 heterocycles. The van der Waals surface area contributed by atoms with Gasteiger partial charge in [0.25, 0.3) is 0 Å².